The van der Waals surface area contributed by atoms with E-state index in [2.05, 4.69) is 20.7 Å². The van der Waals surface area contributed by atoms with E-state index >= 15 is 0 Å². The Morgan fingerprint density at radius 3 is 2.47 bits per heavy atom. The Labute approximate surface area is 129 Å². The predicted molar refractivity (Wildman–Crippen MR) is 83.8 cm³/mol. The highest BCUT2D eigenvalue weighted by Gasteiger charge is 2.20. The second-order valence-electron chi connectivity index (χ2n) is 4.01. The molecule has 0 unspecified atom stereocenters. The van der Waals surface area contributed by atoms with Gasteiger partial charge in [-0.15, -0.1) is 11.3 Å². The Kier molecular flexibility index (Phi) is 4.25. The van der Waals surface area contributed by atoms with Crippen LogP contribution in [0, 0.1) is 13.8 Å². The Bertz CT molecular complexity index is 725. The minimum Gasteiger partial charge on any atom is -0.278 e. The molecule has 19 heavy (non-hydrogen) atoms. The molecule has 0 amide bonds. The lowest BCUT2D eigenvalue weighted by Crippen LogP contribution is -2.13. The summed E-state index contributed by atoms with van der Waals surface area (Å²) < 4.78 is 27.9. The van der Waals surface area contributed by atoms with Crippen LogP contribution in [0.5, 0.6) is 0 Å². The standard InChI is InChI=1S/C12H11BrClNO2S2/c1-7-5-12(8(2)18-7)19(16,17)15-11-4-3-9(13)6-10(11)14/h3-6,15H,1-2H3. The van der Waals surface area contributed by atoms with E-state index < -0.39 is 10.0 Å². The topological polar surface area (TPSA) is 46.2 Å². The lowest BCUT2D eigenvalue weighted by Gasteiger charge is -2.09. The van der Waals surface area contributed by atoms with Crippen LogP contribution in [0.4, 0.5) is 5.69 Å². The summed E-state index contributed by atoms with van der Waals surface area (Å²) in [5.41, 5.74) is 0.369. The van der Waals surface area contributed by atoms with Gasteiger partial charge in [0.15, 0.2) is 0 Å². The van der Waals surface area contributed by atoms with Crippen molar-refractivity contribution in [3.8, 4) is 0 Å². The Balaban J connectivity index is 2.39. The summed E-state index contributed by atoms with van der Waals surface area (Å²) in [6.07, 6.45) is 0. The van der Waals surface area contributed by atoms with Crippen LogP contribution in [-0.4, -0.2) is 8.42 Å². The molecule has 1 aromatic heterocycles. The maximum Gasteiger partial charge on any atom is 0.263 e. The van der Waals surface area contributed by atoms with Crippen molar-refractivity contribution in [3.63, 3.8) is 0 Å². The van der Waals surface area contributed by atoms with Crippen molar-refractivity contribution < 1.29 is 8.42 Å². The van der Waals surface area contributed by atoms with Crippen molar-refractivity contribution in [2.24, 2.45) is 0 Å². The van der Waals surface area contributed by atoms with E-state index in [1.165, 1.54) is 11.3 Å². The van der Waals surface area contributed by atoms with Crippen LogP contribution in [0.25, 0.3) is 0 Å². The van der Waals surface area contributed by atoms with Crippen molar-refractivity contribution in [2.75, 3.05) is 4.72 Å². The second-order valence-corrected chi connectivity index (χ2v) is 8.44. The average molecular weight is 381 g/mol. The Morgan fingerprint density at radius 1 is 1.26 bits per heavy atom. The first kappa shape index (κ1) is 14.8. The number of hydrogen-bond acceptors (Lipinski definition) is 3. The number of hydrogen-bond donors (Lipinski definition) is 1. The minimum absolute atomic E-state index is 0.300. The molecule has 2 rings (SSSR count). The molecule has 0 aliphatic heterocycles. The lowest BCUT2D eigenvalue weighted by atomic mass is 10.3. The van der Waals surface area contributed by atoms with Crippen LogP contribution >= 0.6 is 38.9 Å². The van der Waals surface area contributed by atoms with Crippen molar-refractivity contribution >= 4 is 54.6 Å². The van der Waals surface area contributed by atoms with Gasteiger partial charge >= 0.3 is 0 Å². The van der Waals surface area contributed by atoms with Crippen LogP contribution in [0.15, 0.2) is 33.6 Å². The van der Waals surface area contributed by atoms with Crippen LogP contribution in [0.3, 0.4) is 0 Å². The van der Waals surface area contributed by atoms with Gasteiger partial charge in [0.25, 0.3) is 10.0 Å². The molecule has 0 aliphatic rings. The molecule has 102 valence electrons. The summed E-state index contributed by atoms with van der Waals surface area (Å²) in [6, 6.07) is 6.66. The monoisotopic (exact) mass is 379 g/mol. The number of anilines is 1. The number of sulfonamides is 1. The molecule has 3 nitrogen and oxygen atoms in total. The maximum atomic E-state index is 12.3. The largest absolute Gasteiger partial charge is 0.278 e. The molecule has 0 atom stereocenters. The van der Waals surface area contributed by atoms with Gasteiger partial charge in [-0.05, 0) is 38.1 Å². The first-order chi connectivity index (χ1) is 8.79. The molecule has 0 radical (unpaired) electrons. The normalized spacial score (nSPS) is 11.6. The Hall–Kier alpha value is -0.560. The van der Waals surface area contributed by atoms with E-state index in [9.17, 15) is 8.42 Å². The molecule has 1 N–H and O–H groups in total. The minimum atomic E-state index is -3.60. The lowest BCUT2D eigenvalue weighted by molar-refractivity contribution is 0.601. The van der Waals surface area contributed by atoms with E-state index in [0.717, 1.165) is 14.2 Å². The molecule has 1 heterocycles. The number of aryl methyl sites for hydroxylation is 2. The molecule has 0 fully saturated rings. The zero-order valence-corrected chi connectivity index (χ0v) is 14.2. The van der Waals surface area contributed by atoms with Crippen molar-refractivity contribution in [3.05, 3.63) is 43.5 Å². The molecular weight excluding hydrogens is 370 g/mol. The molecule has 7 heteroatoms. The highest BCUT2D eigenvalue weighted by Crippen LogP contribution is 2.30. The summed E-state index contributed by atoms with van der Waals surface area (Å²) >= 11 is 10.7. The Morgan fingerprint density at radius 2 is 1.95 bits per heavy atom. The first-order valence-corrected chi connectivity index (χ1v) is 8.81. The third-order valence-corrected chi connectivity index (χ3v) is 5.85. The molecule has 0 bridgehead atoms. The van der Waals surface area contributed by atoms with E-state index in [1.54, 1.807) is 31.2 Å². The van der Waals surface area contributed by atoms with Crippen LogP contribution < -0.4 is 4.72 Å². The van der Waals surface area contributed by atoms with Gasteiger partial charge in [0.2, 0.25) is 0 Å². The van der Waals surface area contributed by atoms with E-state index in [4.69, 9.17) is 11.6 Å². The third-order valence-electron chi connectivity index (χ3n) is 2.46. The van der Waals surface area contributed by atoms with Crippen LogP contribution in [0.2, 0.25) is 5.02 Å². The van der Waals surface area contributed by atoms with Crippen LogP contribution in [-0.2, 0) is 10.0 Å². The smallest absolute Gasteiger partial charge is 0.263 e. The number of benzene rings is 1. The number of nitrogens with one attached hydrogen (secondary N) is 1. The van der Waals surface area contributed by atoms with Gasteiger partial charge < -0.3 is 0 Å². The fourth-order valence-electron chi connectivity index (χ4n) is 1.65. The highest BCUT2D eigenvalue weighted by atomic mass is 79.9. The summed E-state index contributed by atoms with van der Waals surface area (Å²) in [7, 11) is -3.60. The van der Waals surface area contributed by atoms with Crippen LogP contribution in [0.1, 0.15) is 9.75 Å². The quantitative estimate of drug-likeness (QED) is 0.847. The third kappa shape index (κ3) is 3.31. The molecule has 0 saturated heterocycles. The average Bonchev–Trinajstić information content (AvgIpc) is 2.63. The maximum absolute atomic E-state index is 12.3. The fraction of sp³-hybridized carbons (Fsp3) is 0.167. The number of rotatable bonds is 3. The highest BCUT2D eigenvalue weighted by molar-refractivity contribution is 9.10. The molecule has 0 spiro atoms. The SMILES string of the molecule is Cc1cc(S(=O)(=O)Nc2ccc(Br)cc2Cl)c(C)s1. The first-order valence-electron chi connectivity index (χ1n) is 5.34. The molecule has 0 saturated carbocycles. The summed E-state index contributed by atoms with van der Waals surface area (Å²) in [5, 5.41) is 0.350. The molecule has 0 aliphatic carbocycles. The summed E-state index contributed by atoms with van der Waals surface area (Å²) in [5.74, 6) is 0. The van der Waals surface area contributed by atoms with Crippen molar-refractivity contribution in [1.29, 1.82) is 0 Å². The summed E-state index contributed by atoms with van der Waals surface area (Å²) in [6.45, 7) is 3.67. The van der Waals surface area contributed by atoms with Gasteiger partial charge in [0.05, 0.1) is 10.7 Å². The zero-order chi connectivity index (χ0) is 14.2. The van der Waals surface area contributed by atoms with Gasteiger partial charge in [0.1, 0.15) is 4.90 Å². The van der Waals surface area contributed by atoms with Crippen molar-refractivity contribution in [2.45, 2.75) is 18.7 Å². The van der Waals surface area contributed by atoms with E-state index in [-0.39, 0.29) is 0 Å². The predicted octanol–water partition coefficient (Wildman–Crippen LogP) is 4.58. The second kappa shape index (κ2) is 5.44. The van der Waals surface area contributed by atoms with Gasteiger partial charge in [-0.25, -0.2) is 8.42 Å². The molecular formula is C12H11BrClNO2S2. The van der Waals surface area contributed by atoms with Gasteiger partial charge in [-0.1, -0.05) is 27.5 Å². The zero-order valence-electron chi connectivity index (χ0n) is 10.2. The number of thiophene rings is 1. The van der Waals surface area contributed by atoms with Crippen molar-refractivity contribution in [1.82, 2.24) is 0 Å². The molecule has 2 aromatic rings. The van der Waals surface area contributed by atoms with Gasteiger partial charge in [-0.3, -0.25) is 4.72 Å². The number of halogens is 2. The van der Waals surface area contributed by atoms with Gasteiger partial charge in [-0.2, -0.15) is 0 Å². The fourth-order valence-corrected chi connectivity index (χ4v) is 5.06. The summed E-state index contributed by atoms with van der Waals surface area (Å²) in [4.78, 5) is 2.02. The van der Waals surface area contributed by atoms with Gasteiger partial charge in [0, 0.05) is 14.2 Å². The van der Waals surface area contributed by atoms with E-state index in [1.807, 2.05) is 6.92 Å². The molecule has 1 aromatic carbocycles. The van der Waals surface area contributed by atoms with E-state index in [0.29, 0.717) is 15.6 Å².